The number of anilines is 4. The Hall–Kier alpha value is -2.41. The maximum Gasteiger partial charge on any atom is 0.207 e. The normalized spacial score (nSPS) is 11.7. The third kappa shape index (κ3) is 3.32. The Morgan fingerprint density at radius 1 is 0.630 bits per heavy atom. The van der Waals surface area contributed by atoms with Crippen molar-refractivity contribution in [3.05, 3.63) is 34.4 Å². The number of nitrogens with two attached hydrogens (primary N) is 4. The van der Waals surface area contributed by atoms with Crippen molar-refractivity contribution in [3.63, 3.8) is 0 Å². The van der Waals surface area contributed by atoms with Crippen LogP contribution in [0, 0.1) is 0 Å². The molecule has 0 aliphatic heterocycles. The second kappa shape index (κ2) is 7.68. The lowest BCUT2D eigenvalue weighted by Crippen LogP contribution is -2.15. The summed E-state index contributed by atoms with van der Waals surface area (Å²) in [6, 6.07) is 2.94. The smallest absolute Gasteiger partial charge is 0.207 e. The molecule has 0 aliphatic rings. The highest BCUT2D eigenvalue weighted by molar-refractivity contribution is 7.91. The number of sulfone groups is 1. The number of nitrogen functional groups attached to an aromatic ring is 4. The molecular weight excluding hydrogens is 360 g/mol. The fraction of sp³-hybridized carbons (Fsp3) is 0.400. The van der Waals surface area contributed by atoms with E-state index in [1.54, 1.807) is 0 Å². The second-order valence-electron chi connectivity index (χ2n) is 6.59. The second-order valence-corrected chi connectivity index (χ2v) is 8.47. The van der Waals surface area contributed by atoms with Gasteiger partial charge in [0.25, 0.3) is 0 Å². The van der Waals surface area contributed by atoms with E-state index in [0.29, 0.717) is 48.2 Å². The molecule has 8 N–H and O–H groups in total. The summed E-state index contributed by atoms with van der Waals surface area (Å²) < 4.78 is 27.3. The highest BCUT2D eigenvalue weighted by atomic mass is 32.2. The molecule has 7 heteroatoms. The zero-order chi connectivity index (χ0) is 20.5. The van der Waals surface area contributed by atoms with Crippen LogP contribution < -0.4 is 22.9 Å². The first-order valence-corrected chi connectivity index (χ1v) is 10.8. The molecule has 0 saturated heterocycles. The summed E-state index contributed by atoms with van der Waals surface area (Å²) in [7, 11) is -3.84. The van der Waals surface area contributed by atoms with E-state index in [1.807, 2.05) is 27.7 Å². The zero-order valence-electron chi connectivity index (χ0n) is 16.5. The van der Waals surface area contributed by atoms with E-state index in [0.717, 1.165) is 11.1 Å². The van der Waals surface area contributed by atoms with Crippen LogP contribution in [0.4, 0.5) is 22.7 Å². The van der Waals surface area contributed by atoms with Crippen LogP contribution in [0.15, 0.2) is 21.9 Å². The summed E-state index contributed by atoms with van der Waals surface area (Å²) in [6.07, 6.45) is 2.28. The van der Waals surface area contributed by atoms with Gasteiger partial charge in [-0.05, 0) is 60.1 Å². The standard InChI is InChI=1S/C20H30N4O2S/c1-5-11-13(7-3)19(23)15(21)9-17(11)27(25,26)18-10-16(22)20(24)14(8-4)12(18)6-2/h9-10H,5-8,21-24H2,1-4H3. The fourth-order valence-electron chi connectivity index (χ4n) is 3.76. The largest absolute Gasteiger partial charge is 0.397 e. The average molecular weight is 391 g/mol. The van der Waals surface area contributed by atoms with E-state index >= 15 is 0 Å². The average Bonchev–Trinajstić information content (AvgIpc) is 2.64. The maximum absolute atomic E-state index is 13.7. The maximum atomic E-state index is 13.7. The first kappa shape index (κ1) is 20.9. The van der Waals surface area contributed by atoms with E-state index in [1.165, 1.54) is 12.1 Å². The van der Waals surface area contributed by atoms with Gasteiger partial charge in [-0.1, -0.05) is 27.7 Å². The van der Waals surface area contributed by atoms with Gasteiger partial charge in [0.15, 0.2) is 0 Å². The van der Waals surface area contributed by atoms with E-state index in [-0.39, 0.29) is 21.2 Å². The SMILES string of the molecule is CCc1c(S(=O)(=O)c2cc(N)c(N)c(CC)c2CC)cc(N)c(N)c1CC. The monoisotopic (exact) mass is 390 g/mol. The molecule has 2 rings (SSSR count). The molecule has 2 aromatic carbocycles. The topological polar surface area (TPSA) is 138 Å². The molecular formula is C20H30N4O2S. The van der Waals surface area contributed by atoms with E-state index in [9.17, 15) is 8.42 Å². The van der Waals surface area contributed by atoms with Gasteiger partial charge in [0.2, 0.25) is 9.84 Å². The lowest BCUT2D eigenvalue weighted by atomic mass is 9.99. The minimum absolute atomic E-state index is 0.203. The summed E-state index contributed by atoms with van der Waals surface area (Å²) in [5, 5.41) is 0. The van der Waals surface area contributed by atoms with Crippen molar-refractivity contribution in [2.45, 2.75) is 63.2 Å². The Bertz CT molecular complexity index is 909. The van der Waals surface area contributed by atoms with Gasteiger partial charge in [-0.15, -0.1) is 0 Å². The van der Waals surface area contributed by atoms with E-state index in [2.05, 4.69) is 0 Å². The Kier molecular flexibility index (Phi) is 5.94. The molecule has 0 fully saturated rings. The van der Waals surface area contributed by atoms with E-state index in [4.69, 9.17) is 22.9 Å². The van der Waals surface area contributed by atoms with Crippen LogP contribution in [-0.4, -0.2) is 8.42 Å². The van der Waals surface area contributed by atoms with Gasteiger partial charge in [0, 0.05) is 0 Å². The quantitative estimate of drug-likeness (QED) is 0.559. The van der Waals surface area contributed by atoms with Gasteiger partial charge in [-0.2, -0.15) is 0 Å². The van der Waals surface area contributed by atoms with Crippen molar-refractivity contribution < 1.29 is 8.42 Å². The third-order valence-corrected chi connectivity index (χ3v) is 7.05. The van der Waals surface area contributed by atoms with Crippen LogP contribution in [-0.2, 0) is 35.5 Å². The van der Waals surface area contributed by atoms with Gasteiger partial charge in [-0.3, -0.25) is 0 Å². The molecule has 0 aromatic heterocycles. The lowest BCUT2D eigenvalue weighted by Gasteiger charge is -2.21. The number of hydrogen-bond donors (Lipinski definition) is 4. The van der Waals surface area contributed by atoms with Crippen LogP contribution in [0.25, 0.3) is 0 Å². The molecule has 0 amide bonds. The first-order valence-electron chi connectivity index (χ1n) is 9.29. The van der Waals surface area contributed by atoms with Crippen LogP contribution in [0.3, 0.4) is 0 Å². The van der Waals surface area contributed by atoms with Gasteiger partial charge in [-0.25, -0.2) is 8.42 Å². The molecule has 0 unspecified atom stereocenters. The molecule has 6 nitrogen and oxygen atoms in total. The molecule has 27 heavy (non-hydrogen) atoms. The predicted molar refractivity (Wildman–Crippen MR) is 113 cm³/mol. The van der Waals surface area contributed by atoms with Crippen molar-refractivity contribution in [3.8, 4) is 0 Å². The molecule has 2 aromatic rings. The molecule has 0 saturated carbocycles. The Balaban J connectivity index is 2.94. The molecule has 0 aliphatic carbocycles. The van der Waals surface area contributed by atoms with Crippen molar-refractivity contribution in [1.29, 1.82) is 0 Å². The van der Waals surface area contributed by atoms with Gasteiger partial charge in [0.05, 0.1) is 32.5 Å². The molecule has 0 radical (unpaired) electrons. The minimum atomic E-state index is -3.84. The van der Waals surface area contributed by atoms with Crippen molar-refractivity contribution in [1.82, 2.24) is 0 Å². The highest BCUT2D eigenvalue weighted by Crippen LogP contribution is 2.38. The van der Waals surface area contributed by atoms with Gasteiger partial charge < -0.3 is 22.9 Å². The van der Waals surface area contributed by atoms with Crippen LogP contribution in [0.1, 0.15) is 49.9 Å². The molecule has 0 atom stereocenters. The summed E-state index contributed by atoms with van der Waals surface area (Å²) in [5.74, 6) is 0. The van der Waals surface area contributed by atoms with Crippen LogP contribution in [0.2, 0.25) is 0 Å². The number of benzene rings is 2. The number of hydrogen-bond acceptors (Lipinski definition) is 6. The summed E-state index contributed by atoms with van der Waals surface area (Å²) in [4.78, 5) is 0.406. The molecule has 0 heterocycles. The van der Waals surface area contributed by atoms with E-state index < -0.39 is 9.84 Å². The van der Waals surface area contributed by atoms with Gasteiger partial charge in [0.1, 0.15) is 0 Å². The van der Waals surface area contributed by atoms with Crippen molar-refractivity contribution in [2.75, 3.05) is 22.9 Å². The number of rotatable bonds is 6. The first-order chi connectivity index (χ1) is 12.6. The van der Waals surface area contributed by atoms with Gasteiger partial charge >= 0.3 is 0 Å². The van der Waals surface area contributed by atoms with Crippen molar-refractivity contribution in [2.24, 2.45) is 0 Å². The summed E-state index contributed by atoms with van der Waals surface area (Å²) in [6.45, 7) is 7.71. The van der Waals surface area contributed by atoms with Crippen LogP contribution in [0.5, 0.6) is 0 Å². The minimum Gasteiger partial charge on any atom is -0.397 e. The van der Waals surface area contributed by atoms with Crippen molar-refractivity contribution >= 4 is 32.6 Å². The Labute approximate surface area is 161 Å². The zero-order valence-corrected chi connectivity index (χ0v) is 17.3. The Morgan fingerprint density at radius 3 is 1.19 bits per heavy atom. The third-order valence-electron chi connectivity index (χ3n) is 5.16. The highest BCUT2D eigenvalue weighted by Gasteiger charge is 2.28. The summed E-state index contributed by atoms with van der Waals surface area (Å²) >= 11 is 0. The van der Waals surface area contributed by atoms with Crippen LogP contribution >= 0.6 is 0 Å². The molecule has 0 spiro atoms. The molecule has 148 valence electrons. The predicted octanol–water partition coefficient (Wildman–Crippen LogP) is 3.10. The summed E-state index contributed by atoms with van der Waals surface area (Å²) in [5.41, 5.74) is 28.8. The molecule has 0 bridgehead atoms. The Morgan fingerprint density at radius 2 is 0.926 bits per heavy atom. The lowest BCUT2D eigenvalue weighted by molar-refractivity contribution is 0.593. The fourth-order valence-corrected chi connectivity index (χ4v) is 5.75.